The summed E-state index contributed by atoms with van der Waals surface area (Å²) in [5.41, 5.74) is -10.5. The number of hydrogen-bond acceptors (Lipinski definition) is 7. The van der Waals surface area contributed by atoms with Gasteiger partial charge in [-0.3, -0.25) is 5.32 Å². The van der Waals surface area contributed by atoms with E-state index in [2.05, 4.69) is 14.2 Å². The summed E-state index contributed by atoms with van der Waals surface area (Å²) in [6.07, 6.45) is -16.9. The van der Waals surface area contributed by atoms with E-state index < -0.39 is 72.3 Å². The number of ether oxygens (including phenoxy) is 3. The van der Waals surface area contributed by atoms with E-state index in [1.165, 1.54) is 0 Å². The van der Waals surface area contributed by atoms with Crippen LogP contribution in [0, 0.1) is 0 Å². The van der Waals surface area contributed by atoms with E-state index in [9.17, 15) is 59.0 Å². The van der Waals surface area contributed by atoms with Gasteiger partial charge in [-0.15, -0.1) is 0 Å². The standard InChI is InChI=1S/C18H17F9N2O7/c1-3-35-12(31)16(18(25,26)27,36-8-14(19,20)21)29-13(32)28-10-6-4-9(5-7-10)15(33,11(30)34-2)17(22,23)24/h4-7,33H,3,8H2,1-2H3,(H2,28,29,32)/t15-,16+/m0/s1. The number of alkyl halides is 9. The molecule has 0 spiro atoms. The summed E-state index contributed by atoms with van der Waals surface area (Å²) < 4.78 is 130. The van der Waals surface area contributed by atoms with Gasteiger partial charge >= 0.3 is 42.2 Å². The van der Waals surface area contributed by atoms with E-state index >= 15 is 0 Å². The molecule has 0 heterocycles. The largest absolute Gasteiger partial charge is 0.466 e. The predicted octanol–water partition coefficient (Wildman–Crippen LogP) is 3.13. The van der Waals surface area contributed by atoms with E-state index in [-0.39, 0.29) is 0 Å². The number of carbonyl (C=O) groups excluding carboxylic acids is 3. The fraction of sp³-hybridized carbons (Fsp3) is 0.500. The smallest absolute Gasteiger partial charge is 0.448 e. The van der Waals surface area contributed by atoms with Crippen molar-refractivity contribution in [3.63, 3.8) is 0 Å². The van der Waals surface area contributed by atoms with Gasteiger partial charge in [0.1, 0.15) is 6.61 Å². The van der Waals surface area contributed by atoms with Gasteiger partial charge < -0.3 is 24.6 Å². The van der Waals surface area contributed by atoms with Gasteiger partial charge in [0, 0.05) is 11.3 Å². The molecule has 18 heteroatoms. The lowest BCUT2D eigenvalue weighted by Gasteiger charge is -2.33. The first kappa shape index (κ1) is 30.8. The van der Waals surface area contributed by atoms with Gasteiger partial charge in [0.25, 0.3) is 5.60 Å². The Morgan fingerprint density at radius 2 is 1.42 bits per heavy atom. The lowest BCUT2D eigenvalue weighted by atomic mass is 9.93. The van der Waals surface area contributed by atoms with Crippen LogP contribution in [0.1, 0.15) is 12.5 Å². The number of urea groups is 1. The molecular weight excluding hydrogens is 527 g/mol. The zero-order chi connectivity index (χ0) is 28.2. The van der Waals surface area contributed by atoms with E-state index in [1.807, 2.05) is 0 Å². The molecule has 1 aromatic carbocycles. The molecule has 0 aromatic heterocycles. The Morgan fingerprint density at radius 3 is 1.81 bits per heavy atom. The van der Waals surface area contributed by atoms with Crippen LogP contribution in [0.15, 0.2) is 24.3 Å². The molecule has 0 bridgehead atoms. The Hall–Kier alpha value is -3.28. The van der Waals surface area contributed by atoms with Crippen LogP contribution in [0.5, 0.6) is 0 Å². The Balaban J connectivity index is 3.28. The van der Waals surface area contributed by atoms with Crippen molar-refractivity contribution in [3.05, 3.63) is 29.8 Å². The summed E-state index contributed by atoms with van der Waals surface area (Å²) in [6.45, 7) is -2.37. The second-order valence-electron chi connectivity index (χ2n) is 6.66. The Labute approximate surface area is 195 Å². The number of esters is 2. The molecule has 2 amide bonds. The lowest BCUT2D eigenvalue weighted by Crippen LogP contribution is -2.67. The molecule has 0 saturated carbocycles. The third kappa shape index (κ3) is 6.68. The monoisotopic (exact) mass is 544 g/mol. The molecule has 1 rings (SSSR count). The van der Waals surface area contributed by atoms with E-state index in [4.69, 9.17) is 0 Å². The summed E-state index contributed by atoms with van der Waals surface area (Å²) in [5.74, 6) is -4.57. The maximum atomic E-state index is 13.6. The van der Waals surface area contributed by atoms with Gasteiger partial charge in [-0.2, -0.15) is 39.5 Å². The first-order valence-corrected chi connectivity index (χ1v) is 9.27. The van der Waals surface area contributed by atoms with Crippen molar-refractivity contribution in [2.24, 2.45) is 0 Å². The second kappa shape index (κ2) is 10.8. The molecule has 0 saturated heterocycles. The molecule has 1 aromatic rings. The zero-order valence-corrected chi connectivity index (χ0v) is 18.0. The molecule has 36 heavy (non-hydrogen) atoms. The molecule has 204 valence electrons. The van der Waals surface area contributed by atoms with Gasteiger partial charge in [-0.05, 0) is 19.1 Å². The van der Waals surface area contributed by atoms with Crippen molar-refractivity contribution in [2.45, 2.75) is 36.8 Å². The number of nitrogens with one attached hydrogen (secondary N) is 2. The van der Waals surface area contributed by atoms with E-state index in [0.29, 0.717) is 31.4 Å². The first-order chi connectivity index (χ1) is 16.2. The van der Waals surface area contributed by atoms with Gasteiger partial charge in [-0.25, -0.2) is 14.4 Å². The normalized spacial score (nSPS) is 15.8. The van der Waals surface area contributed by atoms with Crippen LogP contribution >= 0.6 is 0 Å². The maximum absolute atomic E-state index is 13.6. The van der Waals surface area contributed by atoms with Crippen LogP contribution in [0.2, 0.25) is 0 Å². The minimum Gasteiger partial charge on any atom is -0.466 e. The van der Waals surface area contributed by atoms with Crippen molar-refractivity contribution in [3.8, 4) is 0 Å². The Morgan fingerprint density at radius 1 is 0.889 bits per heavy atom. The first-order valence-electron chi connectivity index (χ1n) is 9.27. The highest BCUT2D eigenvalue weighted by Crippen LogP contribution is 2.40. The number of rotatable bonds is 8. The van der Waals surface area contributed by atoms with Crippen molar-refractivity contribution < 1.29 is 73.2 Å². The molecular formula is C18H17F9N2O7. The lowest BCUT2D eigenvalue weighted by molar-refractivity contribution is -0.305. The number of halogens is 9. The number of hydrogen-bond donors (Lipinski definition) is 3. The number of methoxy groups -OCH3 is 1. The topological polar surface area (TPSA) is 123 Å². The fourth-order valence-electron chi connectivity index (χ4n) is 2.50. The molecule has 0 aliphatic heterocycles. The van der Waals surface area contributed by atoms with Crippen molar-refractivity contribution in [2.75, 3.05) is 25.6 Å². The average Bonchev–Trinajstić information content (AvgIpc) is 2.73. The third-order valence-electron chi connectivity index (χ3n) is 4.16. The summed E-state index contributed by atoms with van der Waals surface area (Å²) in [7, 11) is 0.552. The van der Waals surface area contributed by atoms with Crippen molar-refractivity contribution >= 4 is 23.7 Å². The number of carbonyl (C=O) groups is 3. The quantitative estimate of drug-likeness (QED) is 0.261. The van der Waals surface area contributed by atoms with Crippen LogP contribution in [0.25, 0.3) is 0 Å². The molecule has 0 fully saturated rings. The average molecular weight is 544 g/mol. The Bertz CT molecular complexity index is 948. The van der Waals surface area contributed by atoms with Crippen LogP contribution in [0.3, 0.4) is 0 Å². The highest BCUT2D eigenvalue weighted by Gasteiger charge is 2.66. The summed E-state index contributed by atoms with van der Waals surface area (Å²) in [4.78, 5) is 35.5. The molecule has 0 unspecified atom stereocenters. The van der Waals surface area contributed by atoms with Crippen LogP contribution in [0.4, 0.5) is 50.0 Å². The summed E-state index contributed by atoms with van der Waals surface area (Å²) in [6, 6.07) is 0.0787. The minimum atomic E-state index is -5.98. The van der Waals surface area contributed by atoms with Crippen molar-refractivity contribution in [1.82, 2.24) is 5.32 Å². The van der Waals surface area contributed by atoms with Gasteiger partial charge in [0.15, 0.2) is 0 Å². The Kier molecular flexibility index (Phi) is 9.20. The van der Waals surface area contributed by atoms with Crippen LogP contribution in [-0.4, -0.2) is 67.7 Å². The number of aliphatic hydroxyl groups is 1. The van der Waals surface area contributed by atoms with Gasteiger partial charge in [-0.1, -0.05) is 12.1 Å². The molecule has 9 nitrogen and oxygen atoms in total. The highest BCUT2D eigenvalue weighted by molar-refractivity contribution is 5.94. The SMILES string of the molecule is CCOC(=O)[C@@](NC(=O)Nc1ccc([C@](O)(C(=O)OC)C(F)(F)F)cc1)(OCC(F)(F)F)C(F)(F)F. The maximum Gasteiger partial charge on any atom is 0.448 e. The summed E-state index contributed by atoms with van der Waals surface area (Å²) >= 11 is 0. The molecule has 2 atom stereocenters. The van der Waals surface area contributed by atoms with Crippen LogP contribution in [-0.2, 0) is 29.4 Å². The van der Waals surface area contributed by atoms with Gasteiger partial charge in [0.05, 0.1) is 13.7 Å². The minimum absolute atomic E-state index is 0.447. The predicted molar refractivity (Wildman–Crippen MR) is 98.0 cm³/mol. The zero-order valence-electron chi connectivity index (χ0n) is 18.0. The second-order valence-corrected chi connectivity index (χ2v) is 6.66. The molecule has 0 aliphatic carbocycles. The number of amides is 2. The van der Waals surface area contributed by atoms with Crippen LogP contribution < -0.4 is 10.6 Å². The molecule has 3 N–H and O–H groups in total. The fourth-order valence-corrected chi connectivity index (χ4v) is 2.50. The highest BCUT2D eigenvalue weighted by atomic mass is 19.4. The van der Waals surface area contributed by atoms with Gasteiger partial charge in [0.2, 0.25) is 0 Å². The molecule has 0 radical (unpaired) electrons. The third-order valence-corrected chi connectivity index (χ3v) is 4.16. The van der Waals surface area contributed by atoms with Crippen molar-refractivity contribution in [1.29, 1.82) is 0 Å². The number of anilines is 1. The molecule has 0 aliphatic rings. The van der Waals surface area contributed by atoms with E-state index in [0.717, 1.165) is 12.2 Å². The van der Waals surface area contributed by atoms with E-state index in [1.54, 1.807) is 5.32 Å². The number of benzene rings is 1. The summed E-state index contributed by atoms with van der Waals surface area (Å²) in [5, 5.41) is 12.4.